The van der Waals surface area contributed by atoms with Crippen molar-refractivity contribution in [2.24, 2.45) is 5.41 Å². The van der Waals surface area contributed by atoms with Crippen molar-refractivity contribution in [2.45, 2.75) is 39.0 Å². The summed E-state index contributed by atoms with van der Waals surface area (Å²) in [4.78, 5) is 10.7. The standard InChI is InChI=1S/C15H22N2O3/c1-15(8-4-3-5-9-15)11-16-13-10-12(20-2)6-7-14(13)17(18)19/h6-7,10,16H,3-5,8-9,11H2,1-2H3. The Hall–Kier alpha value is -1.78. The Labute approximate surface area is 119 Å². The minimum Gasteiger partial charge on any atom is -0.497 e. The third-order valence-electron chi connectivity index (χ3n) is 4.17. The molecule has 1 saturated carbocycles. The number of nitro groups is 1. The second-order valence-corrected chi connectivity index (χ2v) is 5.87. The monoisotopic (exact) mass is 278 g/mol. The molecule has 0 saturated heterocycles. The summed E-state index contributed by atoms with van der Waals surface area (Å²) in [6, 6.07) is 4.81. The van der Waals surface area contributed by atoms with Crippen LogP contribution < -0.4 is 10.1 Å². The van der Waals surface area contributed by atoms with E-state index in [1.807, 2.05) is 0 Å². The summed E-state index contributed by atoms with van der Waals surface area (Å²) in [5, 5.41) is 14.3. The minimum atomic E-state index is -0.356. The number of rotatable bonds is 5. The highest BCUT2D eigenvalue weighted by Crippen LogP contribution is 2.37. The average Bonchev–Trinajstić information content (AvgIpc) is 2.45. The molecule has 110 valence electrons. The van der Waals surface area contributed by atoms with Gasteiger partial charge in [0.25, 0.3) is 5.69 Å². The summed E-state index contributed by atoms with van der Waals surface area (Å²) in [5.41, 5.74) is 0.876. The third-order valence-corrected chi connectivity index (χ3v) is 4.17. The quantitative estimate of drug-likeness (QED) is 0.653. The second kappa shape index (κ2) is 6.11. The Bertz CT molecular complexity index is 482. The molecule has 5 heteroatoms. The lowest BCUT2D eigenvalue weighted by Crippen LogP contribution is -2.29. The number of nitrogens with one attached hydrogen (secondary N) is 1. The Kier molecular flexibility index (Phi) is 4.47. The molecule has 0 aliphatic heterocycles. The van der Waals surface area contributed by atoms with E-state index < -0.39 is 0 Å². The number of hydrogen-bond donors (Lipinski definition) is 1. The number of benzene rings is 1. The lowest BCUT2D eigenvalue weighted by molar-refractivity contribution is -0.384. The lowest BCUT2D eigenvalue weighted by Gasteiger charge is -2.34. The Balaban J connectivity index is 2.12. The molecular weight excluding hydrogens is 256 g/mol. The van der Waals surface area contributed by atoms with E-state index >= 15 is 0 Å². The summed E-state index contributed by atoms with van der Waals surface area (Å²) >= 11 is 0. The molecule has 0 aromatic heterocycles. The smallest absolute Gasteiger partial charge is 0.292 e. The van der Waals surface area contributed by atoms with Gasteiger partial charge in [0.05, 0.1) is 12.0 Å². The molecule has 0 radical (unpaired) electrons. The van der Waals surface area contributed by atoms with Gasteiger partial charge >= 0.3 is 0 Å². The number of ether oxygens (including phenoxy) is 1. The first kappa shape index (κ1) is 14.6. The van der Waals surface area contributed by atoms with Gasteiger partial charge in [0.1, 0.15) is 11.4 Å². The highest BCUT2D eigenvalue weighted by atomic mass is 16.6. The van der Waals surface area contributed by atoms with Crippen molar-refractivity contribution in [2.75, 3.05) is 19.0 Å². The topological polar surface area (TPSA) is 64.4 Å². The first-order valence-corrected chi connectivity index (χ1v) is 7.10. The average molecular weight is 278 g/mol. The van der Waals surface area contributed by atoms with Crippen LogP contribution in [0.25, 0.3) is 0 Å². The molecule has 5 nitrogen and oxygen atoms in total. The van der Waals surface area contributed by atoms with E-state index in [1.54, 1.807) is 19.2 Å². The molecule has 2 rings (SSSR count). The molecule has 1 aliphatic carbocycles. The minimum absolute atomic E-state index is 0.102. The van der Waals surface area contributed by atoms with Gasteiger partial charge in [-0.3, -0.25) is 10.1 Å². The zero-order chi connectivity index (χ0) is 14.6. The van der Waals surface area contributed by atoms with Gasteiger partial charge in [-0.2, -0.15) is 0 Å². The fraction of sp³-hybridized carbons (Fsp3) is 0.600. The Morgan fingerprint density at radius 2 is 2.05 bits per heavy atom. The van der Waals surface area contributed by atoms with E-state index in [4.69, 9.17) is 4.74 Å². The molecule has 1 N–H and O–H groups in total. The van der Waals surface area contributed by atoms with Gasteiger partial charge in [0.15, 0.2) is 0 Å². The van der Waals surface area contributed by atoms with Gasteiger partial charge in [-0.1, -0.05) is 26.2 Å². The van der Waals surface area contributed by atoms with E-state index in [-0.39, 0.29) is 16.0 Å². The molecule has 1 aromatic carbocycles. The van der Waals surface area contributed by atoms with Crippen LogP contribution in [0.5, 0.6) is 5.75 Å². The summed E-state index contributed by atoms with van der Waals surface area (Å²) in [7, 11) is 1.56. The SMILES string of the molecule is COc1ccc([N+](=O)[O-])c(NCC2(C)CCCCC2)c1. The molecule has 20 heavy (non-hydrogen) atoms. The molecule has 0 bridgehead atoms. The van der Waals surface area contributed by atoms with Gasteiger partial charge < -0.3 is 10.1 Å². The highest BCUT2D eigenvalue weighted by Gasteiger charge is 2.27. The van der Waals surface area contributed by atoms with Crippen LogP contribution in [-0.4, -0.2) is 18.6 Å². The van der Waals surface area contributed by atoms with Crippen LogP contribution in [0.3, 0.4) is 0 Å². The summed E-state index contributed by atoms with van der Waals surface area (Å²) in [6.45, 7) is 3.02. The van der Waals surface area contributed by atoms with E-state index in [0.717, 1.165) is 6.54 Å². The van der Waals surface area contributed by atoms with Crippen molar-refractivity contribution in [1.82, 2.24) is 0 Å². The number of anilines is 1. The molecule has 0 unspecified atom stereocenters. The Morgan fingerprint density at radius 1 is 1.35 bits per heavy atom. The largest absolute Gasteiger partial charge is 0.497 e. The van der Waals surface area contributed by atoms with Crippen molar-refractivity contribution >= 4 is 11.4 Å². The number of hydrogen-bond acceptors (Lipinski definition) is 4. The van der Waals surface area contributed by atoms with E-state index in [1.165, 1.54) is 38.2 Å². The van der Waals surface area contributed by atoms with Crippen LogP contribution in [0.1, 0.15) is 39.0 Å². The van der Waals surface area contributed by atoms with Gasteiger partial charge in [0.2, 0.25) is 0 Å². The van der Waals surface area contributed by atoms with Gasteiger partial charge in [-0.25, -0.2) is 0 Å². The Morgan fingerprint density at radius 3 is 2.65 bits per heavy atom. The first-order valence-electron chi connectivity index (χ1n) is 7.10. The molecule has 1 fully saturated rings. The van der Waals surface area contributed by atoms with Crippen molar-refractivity contribution in [3.63, 3.8) is 0 Å². The molecule has 0 spiro atoms. The van der Waals surface area contributed by atoms with Crippen LogP contribution in [-0.2, 0) is 0 Å². The molecule has 1 aromatic rings. The molecular formula is C15H22N2O3. The molecule has 1 aliphatic rings. The number of nitro benzene ring substituents is 1. The summed E-state index contributed by atoms with van der Waals surface area (Å²) in [5.74, 6) is 0.631. The van der Waals surface area contributed by atoms with Crippen LogP contribution in [0.15, 0.2) is 18.2 Å². The molecule has 0 heterocycles. The van der Waals surface area contributed by atoms with Gasteiger partial charge in [0, 0.05) is 18.7 Å². The van der Waals surface area contributed by atoms with Gasteiger partial charge in [-0.15, -0.1) is 0 Å². The summed E-state index contributed by atoms with van der Waals surface area (Å²) < 4.78 is 5.14. The van der Waals surface area contributed by atoms with Crippen molar-refractivity contribution in [3.05, 3.63) is 28.3 Å². The molecule has 0 amide bonds. The van der Waals surface area contributed by atoms with Gasteiger partial charge in [-0.05, 0) is 24.3 Å². The maximum Gasteiger partial charge on any atom is 0.292 e. The fourth-order valence-corrected chi connectivity index (χ4v) is 2.83. The predicted octanol–water partition coefficient (Wildman–Crippen LogP) is 3.99. The number of nitrogens with zero attached hydrogens (tertiary/aromatic N) is 1. The second-order valence-electron chi connectivity index (χ2n) is 5.87. The highest BCUT2D eigenvalue weighted by molar-refractivity contribution is 5.64. The maximum absolute atomic E-state index is 11.1. The maximum atomic E-state index is 11.1. The van der Waals surface area contributed by atoms with Crippen molar-refractivity contribution in [1.29, 1.82) is 0 Å². The third kappa shape index (κ3) is 3.40. The predicted molar refractivity (Wildman–Crippen MR) is 79.3 cm³/mol. The van der Waals surface area contributed by atoms with Crippen molar-refractivity contribution < 1.29 is 9.66 Å². The van der Waals surface area contributed by atoms with Crippen LogP contribution >= 0.6 is 0 Å². The van der Waals surface area contributed by atoms with E-state index in [0.29, 0.717) is 11.4 Å². The van der Waals surface area contributed by atoms with Crippen LogP contribution in [0.2, 0.25) is 0 Å². The zero-order valence-corrected chi connectivity index (χ0v) is 12.1. The molecule has 0 atom stereocenters. The van der Waals surface area contributed by atoms with Crippen LogP contribution in [0.4, 0.5) is 11.4 Å². The normalized spacial score (nSPS) is 17.5. The lowest BCUT2D eigenvalue weighted by atomic mass is 9.76. The zero-order valence-electron chi connectivity index (χ0n) is 12.1. The van der Waals surface area contributed by atoms with E-state index in [9.17, 15) is 10.1 Å². The van der Waals surface area contributed by atoms with E-state index in [2.05, 4.69) is 12.2 Å². The fourth-order valence-electron chi connectivity index (χ4n) is 2.83. The first-order chi connectivity index (χ1) is 9.54. The van der Waals surface area contributed by atoms with Crippen LogP contribution in [0, 0.1) is 15.5 Å². The van der Waals surface area contributed by atoms with Crippen molar-refractivity contribution in [3.8, 4) is 5.75 Å². The summed E-state index contributed by atoms with van der Waals surface area (Å²) in [6.07, 6.45) is 6.15. The number of methoxy groups -OCH3 is 1.